The van der Waals surface area contributed by atoms with Crippen molar-refractivity contribution < 1.29 is 52.4 Å². The van der Waals surface area contributed by atoms with Crippen molar-refractivity contribution in [1.29, 1.82) is 0 Å². The molecule has 2 aromatic carbocycles. The van der Waals surface area contributed by atoms with E-state index in [0.29, 0.717) is 12.1 Å². The van der Waals surface area contributed by atoms with Gasteiger partial charge in [0.2, 0.25) is 5.91 Å². The molecule has 2 aromatic rings. The van der Waals surface area contributed by atoms with Crippen LogP contribution in [-0.4, -0.2) is 77.7 Å². The summed E-state index contributed by atoms with van der Waals surface area (Å²) >= 11 is 0. The number of halogens is 7. The first-order valence-corrected chi connectivity index (χ1v) is 16.6. The summed E-state index contributed by atoms with van der Waals surface area (Å²) in [7, 11) is -6.49. The first-order chi connectivity index (χ1) is 19.8. The molecule has 2 atom stereocenters. The van der Waals surface area contributed by atoms with Gasteiger partial charge in [-0.1, -0.05) is 30.3 Å². The molecule has 3 aliphatic heterocycles. The highest BCUT2D eigenvalue weighted by molar-refractivity contribution is 7.92. The average Bonchev–Trinajstić information content (AvgIpc) is 3.32. The maximum absolute atomic E-state index is 15.0. The number of alkyl halides is 7. The number of carbonyl (C=O) groups excluding carboxylic acids is 1. The Morgan fingerprint density at radius 3 is 2.07 bits per heavy atom. The minimum atomic E-state index is -6.37. The highest BCUT2D eigenvalue weighted by Gasteiger charge is 2.74. The molecular weight excluding hydrogens is 629 g/mol. The Labute approximate surface area is 243 Å². The number of likely N-dealkylation sites (tertiary alicyclic amines) is 1. The summed E-state index contributed by atoms with van der Waals surface area (Å²) < 4.78 is 147. The van der Waals surface area contributed by atoms with E-state index in [4.69, 9.17) is 0 Å². The monoisotopic (exact) mass is 656 g/mol. The minimum absolute atomic E-state index is 0.0338. The molecule has 0 bridgehead atoms. The minimum Gasteiger partial charge on any atom is -0.372 e. The van der Waals surface area contributed by atoms with Gasteiger partial charge in [0.15, 0.2) is 9.84 Å². The molecule has 3 aliphatic rings. The molecule has 0 spiro atoms. The Bertz CT molecular complexity index is 1620. The van der Waals surface area contributed by atoms with Crippen LogP contribution in [0, 0.1) is 5.92 Å². The molecule has 7 nitrogen and oxygen atoms in total. The van der Waals surface area contributed by atoms with Crippen LogP contribution in [0.4, 0.5) is 36.4 Å². The lowest BCUT2D eigenvalue weighted by Gasteiger charge is -2.47. The molecule has 3 heterocycles. The normalized spacial score (nSPS) is 24.9. The van der Waals surface area contributed by atoms with Crippen molar-refractivity contribution in [2.45, 2.75) is 53.0 Å². The van der Waals surface area contributed by atoms with Crippen molar-refractivity contribution in [2.24, 2.45) is 5.92 Å². The quantitative estimate of drug-likeness (QED) is 0.450. The van der Waals surface area contributed by atoms with Gasteiger partial charge in [0.1, 0.15) is 14.6 Å². The van der Waals surface area contributed by atoms with E-state index >= 15 is 4.39 Å². The third-order valence-corrected chi connectivity index (χ3v) is 13.1. The van der Waals surface area contributed by atoms with Crippen molar-refractivity contribution in [3.05, 3.63) is 59.7 Å². The van der Waals surface area contributed by atoms with Crippen LogP contribution in [0.1, 0.15) is 30.4 Å². The number of fused-ring (bicyclic) bond motifs is 3. The summed E-state index contributed by atoms with van der Waals surface area (Å²) in [6.07, 6.45) is -12.9. The van der Waals surface area contributed by atoms with E-state index in [1.165, 1.54) is 41.1 Å². The molecule has 2 fully saturated rings. The van der Waals surface area contributed by atoms with Crippen molar-refractivity contribution in [3.63, 3.8) is 0 Å². The number of carbonyl (C=O) groups is 1. The zero-order chi connectivity index (χ0) is 31.8. The number of hydrogen-bond donors (Lipinski definition) is 0. The summed E-state index contributed by atoms with van der Waals surface area (Å²) in [5.41, 5.74) is -7.98. The van der Waals surface area contributed by atoms with E-state index < -0.39 is 65.9 Å². The lowest BCUT2D eigenvalue weighted by atomic mass is 9.82. The highest BCUT2D eigenvalue weighted by Crippen LogP contribution is 2.57. The summed E-state index contributed by atoms with van der Waals surface area (Å²) in [6.45, 7) is -0.428. The van der Waals surface area contributed by atoms with Crippen LogP contribution in [0.25, 0.3) is 0 Å². The molecule has 5 rings (SSSR count). The standard InChI is InChI=1S/C27H27F7N2O5S2/c1-35-16-22-24(43(40,41)19-5-3-2-4-6-19,11-12-36(22)23(37)17-9-13-42(38,39)14-10-17)20-8-7-18(15-21(20)35)25(28,26(29,30)31)27(32,33)34/h2-8,15,17,22H,9-14,16H2,1H3. The number of amides is 1. The fourth-order valence-electron chi connectivity index (χ4n) is 6.59. The Hall–Kier alpha value is -2.88. The fourth-order valence-corrected chi connectivity index (χ4v) is 10.4. The largest absolute Gasteiger partial charge is 0.435 e. The van der Waals surface area contributed by atoms with Crippen LogP contribution >= 0.6 is 0 Å². The Balaban J connectivity index is 1.68. The predicted molar refractivity (Wildman–Crippen MR) is 141 cm³/mol. The average molecular weight is 657 g/mol. The van der Waals surface area contributed by atoms with E-state index in [9.17, 15) is 48.0 Å². The van der Waals surface area contributed by atoms with Gasteiger partial charge in [-0.05, 0) is 43.0 Å². The smallest absolute Gasteiger partial charge is 0.372 e. The molecule has 2 saturated heterocycles. The van der Waals surface area contributed by atoms with Gasteiger partial charge in [-0.2, -0.15) is 26.3 Å². The Morgan fingerprint density at radius 1 is 0.930 bits per heavy atom. The number of nitrogens with zero attached hydrogens (tertiary/aromatic N) is 2. The summed E-state index contributed by atoms with van der Waals surface area (Å²) in [5.74, 6) is -1.62. The third-order valence-electron chi connectivity index (χ3n) is 8.85. The van der Waals surface area contributed by atoms with E-state index in [1.54, 1.807) is 6.07 Å². The highest BCUT2D eigenvalue weighted by atomic mass is 32.2. The second-order valence-corrected chi connectivity index (χ2v) is 15.7. The topological polar surface area (TPSA) is 91.8 Å². The SMILES string of the molecule is CN1CC2N(C(=O)C3CCS(=O)(=O)CC3)CCC2(S(=O)(=O)c2ccccc2)c2ccc(C(F)(C(F)(F)F)C(F)(F)F)cc21. The fraction of sp³-hybridized carbons (Fsp3) is 0.519. The molecule has 16 heteroatoms. The molecule has 0 saturated carbocycles. The number of anilines is 1. The zero-order valence-electron chi connectivity index (χ0n) is 22.6. The lowest BCUT2D eigenvalue weighted by molar-refractivity contribution is -0.348. The van der Waals surface area contributed by atoms with Crippen molar-refractivity contribution in [1.82, 2.24) is 4.90 Å². The molecule has 1 amide bonds. The van der Waals surface area contributed by atoms with Gasteiger partial charge in [0, 0.05) is 37.3 Å². The van der Waals surface area contributed by atoms with Crippen LogP contribution in [0.2, 0.25) is 0 Å². The predicted octanol–water partition coefficient (Wildman–Crippen LogP) is 4.52. The van der Waals surface area contributed by atoms with E-state index in [1.807, 2.05) is 0 Å². The first kappa shape index (κ1) is 31.5. The van der Waals surface area contributed by atoms with Crippen LogP contribution in [0.5, 0.6) is 0 Å². The second kappa shape index (κ2) is 10.1. The third kappa shape index (κ3) is 4.70. The zero-order valence-corrected chi connectivity index (χ0v) is 24.3. The first-order valence-electron chi connectivity index (χ1n) is 13.3. The van der Waals surface area contributed by atoms with E-state index in [2.05, 4.69) is 0 Å². The van der Waals surface area contributed by atoms with Crippen molar-refractivity contribution >= 4 is 31.3 Å². The van der Waals surface area contributed by atoms with Gasteiger partial charge in [-0.3, -0.25) is 4.79 Å². The van der Waals surface area contributed by atoms with Crippen LogP contribution in [0.15, 0.2) is 53.4 Å². The number of benzene rings is 2. The molecule has 0 aliphatic carbocycles. The molecule has 0 aromatic heterocycles. The van der Waals surface area contributed by atoms with Gasteiger partial charge < -0.3 is 9.80 Å². The number of rotatable bonds is 4. The van der Waals surface area contributed by atoms with Gasteiger partial charge in [0.05, 0.1) is 22.4 Å². The van der Waals surface area contributed by atoms with E-state index in [0.717, 1.165) is 6.07 Å². The van der Waals surface area contributed by atoms with Gasteiger partial charge in [-0.15, -0.1) is 0 Å². The molecule has 0 N–H and O–H groups in total. The summed E-state index contributed by atoms with van der Waals surface area (Å²) in [6, 6.07) is 7.37. The van der Waals surface area contributed by atoms with Crippen LogP contribution in [0.3, 0.4) is 0 Å². The molecule has 2 unspecified atom stereocenters. The maximum Gasteiger partial charge on any atom is 0.435 e. The maximum atomic E-state index is 15.0. The second-order valence-electron chi connectivity index (χ2n) is 11.2. The summed E-state index contributed by atoms with van der Waals surface area (Å²) in [4.78, 5) is 16.1. The van der Waals surface area contributed by atoms with Crippen molar-refractivity contribution in [2.75, 3.05) is 36.5 Å². The van der Waals surface area contributed by atoms with Gasteiger partial charge in [0.25, 0.3) is 0 Å². The van der Waals surface area contributed by atoms with Crippen molar-refractivity contribution in [3.8, 4) is 0 Å². The molecular formula is C27H27F7N2O5S2. The number of hydrogen-bond acceptors (Lipinski definition) is 6. The molecule has 43 heavy (non-hydrogen) atoms. The van der Waals surface area contributed by atoms with Gasteiger partial charge in [-0.25, -0.2) is 21.2 Å². The van der Waals surface area contributed by atoms with Gasteiger partial charge >= 0.3 is 18.0 Å². The molecule has 0 radical (unpaired) electrons. The Morgan fingerprint density at radius 2 is 1.51 bits per heavy atom. The van der Waals surface area contributed by atoms with Crippen LogP contribution < -0.4 is 4.90 Å². The number of sulfone groups is 2. The van der Waals surface area contributed by atoms with E-state index in [-0.39, 0.29) is 60.0 Å². The molecule has 236 valence electrons. The summed E-state index contributed by atoms with van der Waals surface area (Å²) in [5, 5.41) is 0. The lowest BCUT2D eigenvalue weighted by Crippen LogP contribution is -2.58. The number of likely N-dealkylation sites (N-methyl/N-ethyl adjacent to an activating group) is 1. The Kier molecular flexibility index (Phi) is 7.39. The van der Waals surface area contributed by atoms with Crippen LogP contribution in [-0.2, 0) is 34.9 Å².